The Hall–Kier alpha value is -1.59. The number of ether oxygens (including phenoxy) is 1. The lowest BCUT2D eigenvalue weighted by Gasteiger charge is -2.31. The Kier molecular flexibility index (Phi) is 4.91. The molecule has 1 rings (SSSR count). The first kappa shape index (κ1) is 15.5. The molecule has 0 aliphatic carbocycles. The van der Waals surface area contributed by atoms with Crippen molar-refractivity contribution in [3.63, 3.8) is 0 Å². The molecule has 1 saturated heterocycles. The number of carbonyl (C=O) groups excluding carboxylic acids is 3. The SMILES string of the molecule is CCOC(=O)CNC(=O)C1CC(=O)N(C(C)(C)C)C1. The maximum Gasteiger partial charge on any atom is 0.325 e. The molecule has 1 fully saturated rings. The van der Waals surface area contributed by atoms with Gasteiger partial charge in [-0.2, -0.15) is 0 Å². The summed E-state index contributed by atoms with van der Waals surface area (Å²) in [5, 5.41) is 2.51. The molecular formula is C13H22N2O4. The smallest absolute Gasteiger partial charge is 0.325 e. The molecule has 0 saturated carbocycles. The third-order valence-electron chi connectivity index (χ3n) is 3.02. The summed E-state index contributed by atoms with van der Waals surface area (Å²) in [6.07, 6.45) is 0.200. The highest BCUT2D eigenvalue weighted by Gasteiger charge is 2.39. The number of nitrogens with zero attached hydrogens (tertiary/aromatic N) is 1. The zero-order valence-electron chi connectivity index (χ0n) is 12.0. The van der Waals surface area contributed by atoms with Gasteiger partial charge in [0.05, 0.1) is 12.5 Å². The molecule has 1 unspecified atom stereocenters. The van der Waals surface area contributed by atoms with Crippen LogP contribution in [0.4, 0.5) is 0 Å². The van der Waals surface area contributed by atoms with Gasteiger partial charge in [0.25, 0.3) is 0 Å². The number of hydrogen-bond donors (Lipinski definition) is 1. The summed E-state index contributed by atoms with van der Waals surface area (Å²) < 4.78 is 4.72. The van der Waals surface area contributed by atoms with Crippen LogP contribution in [0.1, 0.15) is 34.1 Å². The van der Waals surface area contributed by atoms with E-state index < -0.39 is 5.97 Å². The summed E-state index contributed by atoms with van der Waals surface area (Å²) in [5.41, 5.74) is -0.284. The lowest BCUT2D eigenvalue weighted by atomic mass is 10.1. The van der Waals surface area contributed by atoms with Gasteiger partial charge in [0, 0.05) is 18.5 Å². The minimum Gasteiger partial charge on any atom is -0.465 e. The number of carbonyl (C=O) groups is 3. The monoisotopic (exact) mass is 270 g/mol. The fraction of sp³-hybridized carbons (Fsp3) is 0.769. The Bertz CT molecular complexity index is 373. The first-order chi connectivity index (χ1) is 8.75. The van der Waals surface area contributed by atoms with Gasteiger partial charge in [-0.15, -0.1) is 0 Å². The van der Waals surface area contributed by atoms with E-state index >= 15 is 0 Å². The molecule has 2 amide bonds. The van der Waals surface area contributed by atoms with Crippen molar-refractivity contribution in [1.29, 1.82) is 0 Å². The Morgan fingerprint density at radius 2 is 2.05 bits per heavy atom. The van der Waals surface area contributed by atoms with Crippen molar-refractivity contribution in [2.45, 2.75) is 39.7 Å². The Balaban J connectivity index is 2.48. The Morgan fingerprint density at radius 1 is 1.42 bits per heavy atom. The van der Waals surface area contributed by atoms with Crippen LogP contribution in [-0.2, 0) is 19.1 Å². The lowest BCUT2D eigenvalue weighted by Crippen LogP contribution is -2.43. The van der Waals surface area contributed by atoms with Crippen molar-refractivity contribution in [2.75, 3.05) is 19.7 Å². The number of rotatable bonds is 4. The number of hydrogen-bond acceptors (Lipinski definition) is 4. The van der Waals surface area contributed by atoms with Gasteiger partial charge in [0.2, 0.25) is 11.8 Å². The van der Waals surface area contributed by atoms with Crippen molar-refractivity contribution in [3.8, 4) is 0 Å². The molecule has 6 heteroatoms. The van der Waals surface area contributed by atoms with E-state index in [4.69, 9.17) is 4.74 Å². The average molecular weight is 270 g/mol. The molecule has 1 aliphatic rings. The molecule has 1 aliphatic heterocycles. The topological polar surface area (TPSA) is 75.7 Å². The normalized spacial score (nSPS) is 19.5. The van der Waals surface area contributed by atoms with Crippen molar-refractivity contribution in [3.05, 3.63) is 0 Å². The van der Waals surface area contributed by atoms with E-state index in [1.54, 1.807) is 11.8 Å². The predicted molar refractivity (Wildman–Crippen MR) is 69.2 cm³/mol. The highest BCUT2D eigenvalue weighted by molar-refractivity contribution is 5.91. The van der Waals surface area contributed by atoms with E-state index in [9.17, 15) is 14.4 Å². The fourth-order valence-corrected chi connectivity index (χ4v) is 2.05. The molecule has 0 spiro atoms. The van der Waals surface area contributed by atoms with Crippen molar-refractivity contribution in [1.82, 2.24) is 10.2 Å². The molecular weight excluding hydrogens is 248 g/mol. The van der Waals surface area contributed by atoms with E-state index in [0.717, 1.165) is 0 Å². The molecule has 0 bridgehead atoms. The Morgan fingerprint density at radius 3 is 2.53 bits per heavy atom. The standard InChI is InChI=1S/C13H22N2O4/c1-5-19-11(17)7-14-12(18)9-6-10(16)15(8-9)13(2,3)4/h9H,5-8H2,1-4H3,(H,14,18). The highest BCUT2D eigenvalue weighted by atomic mass is 16.5. The second kappa shape index (κ2) is 6.04. The second-order valence-electron chi connectivity index (χ2n) is 5.60. The molecule has 6 nitrogen and oxygen atoms in total. The third-order valence-corrected chi connectivity index (χ3v) is 3.02. The summed E-state index contributed by atoms with van der Waals surface area (Å²) in [5.74, 6) is -1.15. The van der Waals surface area contributed by atoms with Crippen LogP contribution in [0.3, 0.4) is 0 Å². The van der Waals surface area contributed by atoms with Gasteiger partial charge in [-0.1, -0.05) is 0 Å². The van der Waals surface area contributed by atoms with Crippen LogP contribution in [0.5, 0.6) is 0 Å². The Labute approximate surface area is 113 Å². The second-order valence-corrected chi connectivity index (χ2v) is 5.60. The zero-order valence-corrected chi connectivity index (χ0v) is 12.0. The van der Waals surface area contributed by atoms with Gasteiger partial charge >= 0.3 is 5.97 Å². The van der Waals surface area contributed by atoms with Gasteiger partial charge in [0.1, 0.15) is 6.54 Å². The van der Waals surface area contributed by atoms with Crippen LogP contribution < -0.4 is 5.32 Å². The van der Waals surface area contributed by atoms with Crippen LogP contribution in [0.15, 0.2) is 0 Å². The van der Waals surface area contributed by atoms with Crippen LogP contribution in [0.25, 0.3) is 0 Å². The number of esters is 1. The van der Waals surface area contributed by atoms with Gasteiger partial charge in [-0.3, -0.25) is 14.4 Å². The van der Waals surface area contributed by atoms with Crippen LogP contribution in [0, 0.1) is 5.92 Å². The van der Waals surface area contributed by atoms with Gasteiger partial charge in [-0.25, -0.2) is 0 Å². The molecule has 1 atom stereocenters. The first-order valence-corrected chi connectivity index (χ1v) is 6.49. The maximum atomic E-state index is 11.9. The summed E-state index contributed by atoms with van der Waals surface area (Å²) in [6, 6.07) is 0. The minimum atomic E-state index is -0.465. The zero-order chi connectivity index (χ0) is 14.6. The van der Waals surface area contributed by atoms with Crippen molar-refractivity contribution in [2.24, 2.45) is 5.92 Å². The van der Waals surface area contributed by atoms with Gasteiger partial charge < -0.3 is 15.0 Å². The van der Waals surface area contributed by atoms with Crippen LogP contribution in [0.2, 0.25) is 0 Å². The largest absolute Gasteiger partial charge is 0.465 e. The highest BCUT2D eigenvalue weighted by Crippen LogP contribution is 2.25. The summed E-state index contributed by atoms with van der Waals surface area (Å²) >= 11 is 0. The molecule has 0 aromatic carbocycles. The van der Waals surface area contributed by atoms with E-state index in [1.807, 2.05) is 20.8 Å². The van der Waals surface area contributed by atoms with Gasteiger partial charge in [-0.05, 0) is 27.7 Å². The third kappa shape index (κ3) is 4.22. The van der Waals surface area contributed by atoms with E-state index in [0.29, 0.717) is 6.54 Å². The van der Waals surface area contributed by atoms with E-state index in [1.165, 1.54) is 0 Å². The van der Waals surface area contributed by atoms with Crippen molar-refractivity contribution >= 4 is 17.8 Å². The molecule has 1 N–H and O–H groups in total. The molecule has 0 radical (unpaired) electrons. The lowest BCUT2D eigenvalue weighted by molar-refractivity contribution is -0.143. The first-order valence-electron chi connectivity index (χ1n) is 6.49. The van der Waals surface area contributed by atoms with Crippen LogP contribution >= 0.6 is 0 Å². The fourth-order valence-electron chi connectivity index (χ4n) is 2.05. The summed E-state index contributed by atoms with van der Waals surface area (Å²) in [7, 11) is 0. The predicted octanol–water partition coefficient (Wildman–Crippen LogP) is 0.313. The van der Waals surface area contributed by atoms with Crippen LogP contribution in [-0.4, -0.2) is 47.9 Å². The van der Waals surface area contributed by atoms with Crippen molar-refractivity contribution < 1.29 is 19.1 Å². The molecule has 0 aromatic rings. The number of likely N-dealkylation sites (tertiary alicyclic amines) is 1. The molecule has 1 heterocycles. The number of nitrogens with one attached hydrogen (secondary N) is 1. The quantitative estimate of drug-likeness (QED) is 0.746. The average Bonchev–Trinajstić information content (AvgIpc) is 2.68. The van der Waals surface area contributed by atoms with Gasteiger partial charge in [0.15, 0.2) is 0 Å². The van der Waals surface area contributed by atoms with E-state index in [2.05, 4.69) is 5.32 Å². The minimum absolute atomic E-state index is 0.0243. The molecule has 19 heavy (non-hydrogen) atoms. The summed E-state index contributed by atoms with van der Waals surface area (Å²) in [6.45, 7) is 8.05. The number of amides is 2. The molecule has 108 valence electrons. The molecule has 0 aromatic heterocycles. The van der Waals surface area contributed by atoms with E-state index in [-0.39, 0.29) is 42.8 Å². The maximum absolute atomic E-state index is 11.9. The summed E-state index contributed by atoms with van der Waals surface area (Å²) in [4.78, 5) is 36.5.